The third-order valence-corrected chi connectivity index (χ3v) is 0.523. The number of hydrogen-bond acceptors (Lipinski definition) is 3. The molecule has 1 N–H and O–H groups in total. The molecule has 0 aromatic carbocycles. The van der Waals surface area contributed by atoms with E-state index in [2.05, 4.69) is 9.46 Å². The fraction of sp³-hybridized carbons (Fsp3) is 0. The second-order valence-corrected chi connectivity index (χ2v) is 2.31. The molecule has 0 radical (unpaired) electrons. The Kier molecular flexibility index (Phi) is 11.3. The Hall–Kier alpha value is 0.352. The summed E-state index contributed by atoms with van der Waals surface area (Å²) in [6.07, 6.45) is 0. The maximum atomic E-state index is 10.4. The Morgan fingerprint density at radius 3 is 1.23 bits per heavy atom. The monoisotopic (exact) mass is 229 g/mol. The number of hydrogen-bond donors (Lipinski definition) is 1. The summed E-state index contributed by atoms with van der Waals surface area (Å²) in [6, 6.07) is 0. The molecule has 13 heavy (non-hydrogen) atoms. The SMILES string of the molecule is F[B-](F)(F)F.O=P(O)(OF)OF.[LiH]. The number of phosphoric acid groups is 1. The van der Waals surface area contributed by atoms with Crippen molar-refractivity contribution in [1.29, 1.82) is 0 Å². The van der Waals surface area contributed by atoms with Gasteiger partial charge in [0.1, 0.15) is 0 Å². The molecule has 0 amide bonds. The minimum absolute atomic E-state index is 0. The summed E-state index contributed by atoms with van der Waals surface area (Å²) in [7, 11) is -11.0. The van der Waals surface area contributed by atoms with Gasteiger partial charge in [-0.1, -0.05) is 9.46 Å². The van der Waals surface area contributed by atoms with Crippen LogP contribution in [-0.4, -0.2) is 31.0 Å². The van der Waals surface area contributed by atoms with Crippen LogP contribution < -0.4 is 0 Å². The van der Waals surface area contributed by atoms with Crippen molar-refractivity contribution in [3.05, 3.63) is 0 Å². The van der Waals surface area contributed by atoms with Gasteiger partial charge in [-0.15, -0.1) is 0 Å². The van der Waals surface area contributed by atoms with Gasteiger partial charge in [0.2, 0.25) is 0 Å². The third-order valence-electron chi connectivity index (χ3n) is 0.174. The van der Waals surface area contributed by atoms with Crippen molar-refractivity contribution < 1.29 is 45.2 Å². The molecule has 0 unspecified atom stereocenters. The molecule has 0 spiro atoms. The van der Waals surface area contributed by atoms with Gasteiger partial charge in [0.25, 0.3) is 0 Å². The molecule has 0 saturated carbocycles. The van der Waals surface area contributed by atoms with Crippen molar-refractivity contribution in [2.24, 2.45) is 0 Å². The summed E-state index contributed by atoms with van der Waals surface area (Å²) in [5, 5.41) is 0. The average Bonchev–Trinajstić information content (AvgIpc) is 1.85. The number of rotatable bonds is 2. The van der Waals surface area contributed by atoms with E-state index in [1.807, 2.05) is 0 Å². The summed E-state index contributed by atoms with van der Waals surface area (Å²) >= 11 is 0. The van der Waals surface area contributed by atoms with Gasteiger partial charge in [-0.05, 0) is 9.05 Å². The first-order valence-corrected chi connectivity index (χ1v) is 3.42. The van der Waals surface area contributed by atoms with E-state index >= 15 is 0 Å². The van der Waals surface area contributed by atoms with E-state index in [0.29, 0.717) is 0 Å². The van der Waals surface area contributed by atoms with Crippen LogP contribution in [0.4, 0.5) is 26.3 Å². The zero-order valence-corrected chi connectivity index (χ0v) is 5.86. The topological polar surface area (TPSA) is 55.8 Å². The van der Waals surface area contributed by atoms with E-state index in [4.69, 9.17) is 4.89 Å². The molecule has 0 rings (SSSR count). The van der Waals surface area contributed by atoms with E-state index in [-0.39, 0.29) is 18.9 Å². The zero-order chi connectivity index (χ0) is 10.4. The van der Waals surface area contributed by atoms with Crippen molar-refractivity contribution >= 4 is 33.9 Å². The molecule has 0 saturated heterocycles. The molecule has 78 valence electrons. The van der Waals surface area contributed by atoms with Gasteiger partial charge in [-0.2, -0.15) is 0 Å². The van der Waals surface area contributed by atoms with Crippen LogP contribution in [0.25, 0.3) is 0 Å². The molecular formula is H2BF6LiO4P-. The fourth-order valence-electron chi connectivity index (χ4n) is 0.0106. The van der Waals surface area contributed by atoms with Crippen LogP contribution in [-0.2, 0) is 14.0 Å². The van der Waals surface area contributed by atoms with Crippen LogP contribution in [0, 0.1) is 0 Å². The molecule has 0 aromatic rings. The van der Waals surface area contributed by atoms with Crippen molar-refractivity contribution in [1.82, 2.24) is 0 Å². The van der Waals surface area contributed by atoms with Crippen molar-refractivity contribution in [3.8, 4) is 0 Å². The second kappa shape index (κ2) is 7.73. The van der Waals surface area contributed by atoms with Gasteiger partial charge in [-0.25, -0.2) is 4.57 Å². The van der Waals surface area contributed by atoms with Crippen molar-refractivity contribution in [2.45, 2.75) is 0 Å². The molecule has 13 heteroatoms. The molecule has 0 heterocycles. The molecule has 4 nitrogen and oxygen atoms in total. The van der Waals surface area contributed by atoms with Crippen LogP contribution in [0.3, 0.4) is 0 Å². The van der Waals surface area contributed by atoms with E-state index in [0.717, 1.165) is 0 Å². The molecule has 0 aromatic heterocycles. The molecule has 0 aliphatic carbocycles. The van der Waals surface area contributed by atoms with E-state index in [1.165, 1.54) is 0 Å². The maximum absolute atomic E-state index is 10.4. The van der Waals surface area contributed by atoms with Crippen LogP contribution in [0.5, 0.6) is 0 Å². The van der Waals surface area contributed by atoms with Gasteiger partial charge in [0, 0.05) is 0 Å². The quantitative estimate of drug-likeness (QED) is 0.443. The first-order chi connectivity index (χ1) is 5.12. The van der Waals surface area contributed by atoms with E-state index < -0.39 is 15.1 Å². The average molecular weight is 229 g/mol. The third kappa shape index (κ3) is 32.8. The summed E-state index contributed by atoms with van der Waals surface area (Å²) in [4.78, 5) is 7.49. The van der Waals surface area contributed by atoms with Crippen LogP contribution in [0.2, 0.25) is 0 Å². The fourth-order valence-corrected chi connectivity index (χ4v) is 0.0319. The van der Waals surface area contributed by atoms with E-state index in [1.54, 1.807) is 0 Å². The van der Waals surface area contributed by atoms with Crippen molar-refractivity contribution in [3.63, 3.8) is 0 Å². The first kappa shape index (κ1) is 19.0. The molecule has 0 atom stereocenters. The molecule has 0 bridgehead atoms. The molecular weight excluding hydrogens is 227 g/mol. The molecule has 0 aliphatic heterocycles. The summed E-state index contributed by atoms with van der Waals surface area (Å²) in [6.45, 7) is 0. The second-order valence-electron chi connectivity index (χ2n) is 1.10. The summed E-state index contributed by atoms with van der Waals surface area (Å²) in [5.74, 6) is 0. The van der Waals surface area contributed by atoms with E-state index in [9.17, 15) is 30.9 Å². The standard InChI is InChI=1S/BF4.F2HO4P.Li.H/c2-1(3,4)5;1-5-7(3,4)6-2;;/h;(H,3,4);;/q-1;;;. The van der Waals surface area contributed by atoms with Crippen LogP contribution >= 0.6 is 7.82 Å². The van der Waals surface area contributed by atoms with Crippen LogP contribution in [0.15, 0.2) is 0 Å². The molecule has 0 fully saturated rings. The normalized spacial score (nSPS) is 11.0. The van der Waals surface area contributed by atoms with Gasteiger partial charge in [0.15, 0.2) is 0 Å². The Bertz CT molecular complexity index is 145. The first-order valence-electron chi connectivity index (χ1n) is 1.93. The Labute approximate surface area is 79.9 Å². The van der Waals surface area contributed by atoms with Gasteiger partial charge in [0.05, 0.1) is 0 Å². The Morgan fingerprint density at radius 2 is 1.23 bits per heavy atom. The predicted molar refractivity (Wildman–Crippen MR) is 31.5 cm³/mol. The molecule has 0 aliphatic rings. The van der Waals surface area contributed by atoms with Crippen LogP contribution in [0.1, 0.15) is 0 Å². The Morgan fingerprint density at radius 1 is 1.08 bits per heavy atom. The van der Waals surface area contributed by atoms with Gasteiger partial charge >= 0.3 is 33.9 Å². The minimum atomic E-state index is -6.00. The predicted octanol–water partition coefficient (Wildman–Crippen LogP) is 1.54. The Balaban J connectivity index is -0.000000150. The van der Waals surface area contributed by atoms with Crippen molar-refractivity contribution in [2.75, 3.05) is 0 Å². The number of halogens is 6. The summed E-state index contributed by atoms with van der Waals surface area (Å²) < 4.78 is 73.3. The van der Waals surface area contributed by atoms with Gasteiger partial charge in [-0.3, -0.25) is 4.89 Å². The van der Waals surface area contributed by atoms with Gasteiger partial charge < -0.3 is 17.3 Å². The zero-order valence-electron chi connectivity index (χ0n) is 4.96. The summed E-state index contributed by atoms with van der Waals surface area (Å²) in [5.41, 5.74) is 0.